The van der Waals surface area contributed by atoms with Crippen molar-refractivity contribution in [2.24, 2.45) is 11.1 Å². The number of anilines is 1. The third kappa shape index (κ3) is 3.42. The maximum absolute atomic E-state index is 14.8. The van der Waals surface area contributed by atoms with Gasteiger partial charge in [-0.1, -0.05) is 38.1 Å². The van der Waals surface area contributed by atoms with Crippen molar-refractivity contribution in [1.29, 1.82) is 5.26 Å². The number of carbonyl (C=O) groups is 1. The molecule has 2 aromatic carbocycles. The zero-order chi connectivity index (χ0) is 23.2. The Bertz CT molecular complexity index is 1260. The number of rotatable bonds is 3. The number of nitrogens with two attached hydrogens (primary N) is 1. The van der Waals surface area contributed by atoms with E-state index in [2.05, 4.69) is 6.07 Å². The van der Waals surface area contributed by atoms with Gasteiger partial charge in [-0.3, -0.25) is 19.8 Å². The van der Waals surface area contributed by atoms with E-state index in [9.17, 15) is 24.6 Å². The molecule has 0 saturated carbocycles. The summed E-state index contributed by atoms with van der Waals surface area (Å²) in [6, 6.07) is 14.0. The van der Waals surface area contributed by atoms with E-state index in [0.717, 1.165) is 0 Å². The van der Waals surface area contributed by atoms with Gasteiger partial charge in [0.2, 0.25) is 0 Å². The lowest BCUT2D eigenvalue weighted by molar-refractivity contribution is -0.384. The summed E-state index contributed by atoms with van der Waals surface area (Å²) >= 11 is 0. The molecule has 0 bridgehead atoms. The van der Waals surface area contributed by atoms with Gasteiger partial charge < -0.3 is 5.73 Å². The molecular formula is C24H21FN4O3. The molecule has 0 saturated heterocycles. The molecule has 0 spiro atoms. The van der Waals surface area contributed by atoms with Gasteiger partial charge in [-0.05, 0) is 29.5 Å². The Balaban J connectivity index is 2.02. The number of nitriles is 1. The second kappa shape index (κ2) is 7.61. The van der Waals surface area contributed by atoms with Crippen LogP contribution in [-0.4, -0.2) is 10.7 Å². The van der Waals surface area contributed by atoms with Gasteiger partial charge in [0, 0.05) is 29.8 Å². The van der Waals surface area contributed by atoms with Gasteiger partial charge in [-0.15, -0.1) is 0 Å². The van der Waals surface area contributed by atoms with Gasteiger partial charge in [0.25, 0.3) is 5.69 Å². The quantitative estimate of drug-likeness (QED) is 0.557. The summed E-state index contributed by atoms with van der Waals surface area (Å²) in [7, 11) is 0. The maximum Gasteiger partial charge on any atom is 0.269 e. The van der Waals surface area contributed by atoms with Crippen molar-refractivity contribution < 1.29 is 14.1 Å². The molecule has 1 aliphatic carbocycles. The molecule has 7 nitrogen and oxygen atoms in total. The number of benzene rings is 2. The van der Waals surface area contributed by atoms with Crippen LogP contribution < -0.4 is 10.6 Å². The SMILES string of the molecule is CC1(C)CC(=O)C2=C(C1)N(c1ccccc1F)C(N)=C(C#N)C2c1cccc([N+](=O)[O-])c1. The average Bonchev–Trinajstić information content (AvgIpc) is 2.73. The number of ketones is 1. The summed E-state index contributed by atoms with van der Waals surface area (Å²) in [6.07, 6.45) is 0.661. The lowest BCUT2D eigenvalue weighted by Crippen LogP contribution is -2.42. The van der Waals surface area contributed by atoms with E-state index in [1.165, 1.54) is 29.2 Å². The number of Topliss-reactive ketones (excluding diaryl/α,β-unsaturated/α-hetero) is 1. The lowest BCUT2D eigenvalue weighted by atomic mass is 9.68. The minimum Gasteiger partial charge on any atom is -0.384 e. The largest absolute Gasteiger partial charge is 0.384 e. The molecule has 8 heteroatoms. The number of carbonyl (C=O) groups excluding carboxylic acids is 1. The molecule has 0 fully saturated rings. The van der Waals surface area contributed by atoms with Gasteiger partial charge >= 0.3 is 0 Å². The van der Waals surface area contributed by atoms with Crippen molar-refractivity contribution in [3.8, 4) is 6.07 Å². The zero-order valence-corrected chi connectivity index (χ0v) is 17.6. The van der Waals surface area contributed by atoms with E-state index in [1.54, 1.807) is 24.3 Å². The molecule has 2 aromatic rings. The monoisotopic (exact) mass is 432 g/mol. The topological polar surface area (TPSA) is 113 Å². The Morgan fingerprint density at radius 3 is 2.59 bits per heavy atom. The third-order valence-corrected chi connectivity index (χ3v) is 5.89. The van der Waals surface area contributed by atoms with E-state index in [0.29, 0.717) is 23.3 Å². The summed E-state index contributed by atoms with van der Waals surface area (Å²) < 4.78 is 14.8. The van der Waals surface area contributed by atoms with Crippen molar-refractivity contribution in [2.75, 3.05) is 4.90 Å². The predicted molar refractivity (Wildman–Crippen MR) is 117 cm³/mol. The molecule has 0 amide bonds. The second-order valence-electron chi connectivity index (χ2n) is 8.78. The number of nitro groups is 1. The van der Waals surface area contributed by atoms with Crippen LogP contribution in [0.1, 0.15) is 38.2 Å². The fraction of sp³-hybridized carbons (Fsp3) is 0.250. The Kier molecular flexibility index (Phi) is 5.05. The zero-order valence-electron chi connectivity index (χ0n) is 17.6. The van der Waals surface area contributed by atoms with Crippen LogP contribution in [0, 0.1) is 32.7 Å². The van der Waals surface area contributed by atoms with Gasteiger partial charge in [0.05, 0.1) is 28.2 Å². The molecule has 2 N–H and O–H groups in total. The van der Waals surface area contributed by atoms with Crippen molar-refractivity contribution in [3.63, 3.8) is 0 Å². The Hall–Kier alpha value is -3.99. The highest BCUT2D eigenvalue weighted by molar-refractivity contribution is 6.01. The van der Waals surface area contributed by atoms with Gasteiger partial charge in [0.1, 0.15) is 11.6 Å². The van der Waals surface area contributed by atoms with Gasteiger partial charge in [-0.2, -0.15) is 5.26 Å². The fourth-order valence-electron chi connectivity index (χ4n) is 4.57. The molecule has 32 heavy (non-hydrogen) atoms. The summed E-state index contributed by atoms with van der Waals surface area (Å²) in [5.41, 5.74) is 7.36. The number of nitro benzene ring substituents is 1. The molecule has 1 heterocycles. The first kappa shape index (κ1) is 21.2. The van der Waals surface area contributed by atoms with Crippen molar-refractivity contribution >= 4 is 17.2 Å². The smallest absolute Gasteiger partial charge is 0.269 e. The number of para-hydroxylation sites is 1. The molecule has 1 atom stereocenters. The minimum absolute atomic E-state index is 0.0124. The number of halogens is 1. The lowest BCUT2D eigenvalue weighted by Gasteiger charge is -2.43. The van der Waals surface area contributed by atoms with Crippen molar-refractivity contribution in [1.82, 2.24) is 0 Å². The number of nitrogens with zero attached hydrogens (tertiary/aromatic N) is 3. The van der Waals surface area contributed by atoms with Crippen molar-refractivity contribution in [3.05, 3.63) is 92.7 Å². The van der Waals surface area contributed by atoms with Gasteiger partial charge in [-0.25, -0.2) is 4.39 Å². The molecular weight excluding hydrogens is 411 g/mol. The third-order valence-electron chi connectivity index (χ3n) is 5.89. The summed E-state index contributed by atoms with van der Waals surface area (Å²) in [4.78, 5) is 25.6. The first-order valence-corrected chi connectivity index (χ1v) is 10.1. The average molecular weight is 432 g/mol. The fourth-order valence-corrected chi connectivity index (χ4v) is 4.57. The number of hydrogen-bond acceptors (Lipinski definition) is 6. The van der Waals surface area contributed by atoms with Crippen LogP contribution in [0.2, 0.25) is 0 Å². The molecule has 2 aliphatic rings. The Morgan fingerprint density at radius 2 is 1.94 bits per heavy atom. The molecule has 1 unspecified atom stereocenters. The van der Waals surface area contributed by atoms with Crippen molar-refractivity contribution in [2.45, 2.75) is 32.6 Å². The first-order chi connectivity index (χ1) is 15.1. The molecule has 162 valence electrons. The standard InChI is InChI=1S/C24H21FN4O3/c1-24(2)11-19-22(20(30)12-24)21(14-6-5-7-15(10-14)29(31)32)16(13-26)23(27)28(19)18-9-4-3-8-17(18)25/h3-10,21H,11-12,27H2,1-2H3. The summed E-state index contributed by atoms with van der Waals surface area (Å²) in [5.74, 6) is -1.57. The normalized spacial score (nSPS) is 20.1. The van der Waals surface area contributed by atoms with Crippen LogP contribution >= 0.6 is 0 Å². The van der Waals surface area contributed by atoms with Crippen LogP contribution in [0.25, 0.3) is 0 Å². The van der Waals surface area contributed by atoms with Crippen LogP contribution in [0.3, 0.4) is 0 Å². The molecule has 4 rings (SSSR count). The van der Waals surface area contributed by atoms with Crippen LogP contribution in [0.5, 0.6) is 0 Å². The van der Waals surface area contributed by atoms with Crippen LogP contribution in [-0.2, 0) is 4.79 Å². The van der Waals surface area contributed by atoms with E-state index in [4.69, 9.17) is 5.73 Å². The summed E-state index contributed by atoms with van der Waals surface area (Å²) in [5, 5.41) is 21.3. The van der Waals surface area contributed by atoms with E-state index >= 15 is 0 Å². The highest BCUT2D eigenvalue weighted by atomic mass is 19.1. The Morgan fingerprint density at radius 1 is 1.22 bits per heavy atom. The van der Waals surface area contributed by atoms with Crippen LogP contribution in [0.15, 0.2) is 71.2 Å². The Labute approximate surface area is 184 Å². The molecule has 0 radical (unpaired) electrons. The van der Waals surface area contributed by atoms with Gasteiger partial charge in [0.15, 0.2) is 5.78 Å². The number of hydrogen-bond donors (Lipinski definition) is 1. The second-order valence-corrected chi connectivity index (χ2v) is 8.78. The maximum atomic E-state index is 14.8. The van der Waals surface area contributed by atoms with E-state index < -0.39 is 22.1 Å². The predicted octanol–water partition coefficient (Wildman–Crippen LogP) is 4.67. The highest BCUT2D eigenvalue weighted by Crippen LogP contribution is 2.50. The minimum atomic E-state index is -0.860. The molecule has 0 aromatic heterocycles. The highest BCUT2D eigenvalue weighted by Gasteiger charge is 2.45. The van der Waals surface area contributed by atoms with E-state index in [-0.39, 0.29) is 35.0 Å². The molecule has 1 aliphatic heterocycles. The number of non-ortho nitro benzene ring substituents is 1. The first-order valence-electron chi connectivity index (χ1n) is 10.1. The van der Waals surface area contributed by atoms with Crippen LogP contribution in [0.4, 0.5) is 15.8 Å². The number of allylic oxidation sites excluding steroid dienone is 3. The van der Waals surface area contributed by atoms with E-state index in [1.807, 2.05) is 13.8 Å². The summed E-state index contributed by atoms with van der Waals surface area (Å²) in [6.45, 7) is 3.88.